The molecule has 0 radical (unpaired) electrons. The van der Waals surface area contributed by atoms with Crippen molar-refractivity contribution in [3.63, 3.8) is 0 Å². The molecule has 0 saturated carbocycles. The molecule has 38 heavy (non-hydrogen) atoms. The predicted molar refractivity (Wildman–Crippen MR) is 135 cm³/mol. The Hall–Kier alpha value is -4.77. The fraction of sp³-hybridized carbons (Fsp3) is 0.154. The summed E-state index contributed by atoms with van der Waals surface area (Å²) in [6, 6.07) is 14.3. The number of rotatable bonds is 6. The molecule has 2 aliphatic heterocycles. The van der Waals surface area contributed by atoms with Gasteiger partial charge in [-0.25, -0.2) is 4.90 Å². The molecule has 11 nitrogen and oxygen atoms in total. The van der Waals surface area contributed by atoms with Crippen LogP contribution in [0.5, 0.6) is 11.5 Å². The minimum Gasteiger partial charge on any atom is -0.495 e. The third-order valence-corrected chi connectivity index (χ3v) is 6.51. The van der Waals surface area contributed by atoms with Crippen LogP contribution in [0.4, 0.5) is 17.1 Å². The second-order valence-corrected chi connectivity index (χ2v) is 8.98. The smallest absolute Gasteiger partial charge is 0.316 e. The Kier molecular flexibility index (Phi) is 6.29. The van der Waals surface area contributed by atoms with Crippen LogP contribution in [0.25, 0.3) is 0 Å². The van der Waals surface area contributed by atoms with Crippen molar-refractivity contribution in [1.82, 2.24) is 0 Å². The van der Waals surface area contributed by atoms with Gasteiger partial charge in [0.15, 0.2) is 0 Å². The van der Waals surface area contributed by atoms with E-state index in [9.17, 15) is 29.3 Å². The number of nitro benzene ring substituents is 1. The van der Waals surface area contributed by atoms with Gasteiger partial charge in [-0.15, -0.1) is 0 Å². The number of nitrogens with zero attached hydrogens (tertiary/aromatic N) is 3. The lowest BCUT2D eigenvalue weighted by molar-refractivity contribution is -0.385. The van der Waals surface area contributed by atoms with Crippen molar-refractivity contribution in [3.05, 3.63) is 86.9 Å². The van der Waals surface area contributed by atoms with Gasteiger partial charge in [0.05, 0.1) is 34.9 Å². The number of halogens is 1. The Balaban J connectivity index is 1.35. The summed E-state index contributed by atoms with van der Waals surface area (Å²) in [4.78, 5) is 64.4. The summed E-state index contributed by atoms with van der Waals surface area (Å²) in [6.07, 6.45) is -0.101. The molecule has 0 aromatic heterocycles. The van der Waals surface area contributed by atoms with Crippen LogP contribution in [0, 0.1) is 16.0 Å². The third-order valence-electron chi connectivity index (χ3n) is 6.27. The van der Waals surface area contributed by atoms with Crippen LogP contribution in [0.3, 0.4) is 0 Å². The Morgan fingerprint density at radius 2 is 1.82 bits per heavy atom. The number of hydrogen-bond acceptors (Lipinski definition) is 8. The number of nitro groups is 1. The van der Waals surface area contributed by atoms with E-state index >= 15 is 0 Å². The van der Waals surface area contributed by atoms with Crippen molar-refractivity contribution in [2.24, 2.45) is 5.92 Å². The highest BCUT2D eigenvalue weighted by molar-refractivity contribution is 6.35. The Labute approximate surface area is 220 Å². The molecular formula is C26H18ClN3O8. The quantitative estimate of drug-likeness (QED) is 0.152. The summed E-state index contributed by atoms with van der Waals surface area (Å²) < 4.78 is 10.8. The summed E-state index contributed by atoms with van der Waals surface area (Å²) in [5.41, 5.74) is -0.359. The van der Waals surface area contributed by atoms with Gasteiger partial charge < -0.3 is 14.4 Å². The molecule has 1 fully saturated rings. The minimum absolute atomic E-state index is 0.0322. The Bertz CT molecular complexity index is 1540. The number of methoxy groups -OCH3 is 1. The van der Waals surface area contributed by atoms with Gasteiger partial charge in [0.25, 0.3) is 17.5 Å². The highest BCUT2D eigenvalue weighted by atomic mass is 35.5. The SMILES string of the molecule is COc1ccc(Cl)cc1N1C[C@H](C(=O)Oc2cccc(N3C(=O)c4cccc([N+](=O)[O-])c4C3=O)c2)CC1=O. The molecule has 2 heterocycles. The Morgan fingerprint density at radius 1 is 1.05 bits per heavy atom. The topological polar surface area (TPSA) is 136 Å². The van der Waals surface area contributed by atoms with E-state index < -0.39 is 34.3 Å². The van der Waals surface area contributed by atoms with E-state index in [1.54, 1.807) is 18.2 Å². The molecular weight excluding hydrogens is 518 g/mol. The zero-order valence-electron chi connectivity index (χ0n) is 19.8. The lowest BCUT2D eigenvalue weighted by atomic mass is 10.1. The molecule has 0 bridgehead atoms. The zero-order chi connectivity index (χ0) is 27.1. The van der Waals surface area contributed by atoms with Gasteiger partial charge >= 0.3 is 5.97 Å². The van der Waals surface area contributed by atoms with Gasteiger partial charge in [-0.1, -0.05) is 23.7 Å². The van der Waals surface area contributed by atoms with Crippen LogP contribution in [-0.4, -0.2) is 42.3 Å². The van der Waals surface area contributed by atoms with Crippen LogP contribution >= 0.6 is 11.6 Å². The molecule has 2 aliphatic rings. The largest absolute Gasteiger partial charge is 0.495 e. The zero-order valence-corrected chi connectivity index (χ0v) is 20.5. The van der Waals surface area contributed by atoms with E-state index in [-0.39, 0.29) is 41.4 Å². The first-order valence-electron chi connectivity index (χ1n) is 11.3. The molecule has 0 aliphatic carbocycles. The van der Waals surface area contributed by atoms with Gasteiger partial charge in [-0.3, -0.25) is 29.3 Å². The summed E-state index contributed by atoms with van der Waals surface area (Å²) in [6.45, 7) is 0.0378. The van der Waals surface area contributed by atoms with Gasteiger partial charge in [-0.2, -0.15) is 0 Å². The van der Waals surface area contributed by atoms with E-state index in [1.165, 1.54) is 48.4 Å². The van der Waals surface area contributed by atoms with E-state index in [2.05, 4.69) is 0 Å². The predicted octanol–water partition coefficient (Wildman–Crippen LogP) is 4.02. The molecule has 3 amide bonds. The molecule has 192 valence electrons. The Morgan fingerprint density at radius 3 is 2.55 bits per heavy atom. The minimum atomic E-state index is -0.853. The first-order valence-corrected chi connectivity index (χ1v) is 11.7. The molecule has 0 unspecified atom stereocenters. The van der Waals surface area contributed by atoms with Crippen molar-refractivity contribution in [1.29, 1.82) is 0 Å². The van der Waals surface area contributed by atoms with Gasteiger partial charge in [0, 0.05) is 30.1 Å². The lowest BCUT2D eigenvalue weighted by Gasteiger charge is -2.19. The number of carbonyl (C=O) groups is 4. The lowest BCUT2D eigenvalue weighted by Crippen LogP contribution is -2.29. The van der Waals surface area contributed by atoms with E-state index in [4.69, 9.17) is 21.1 Å². The molecule has 0 spiro atoms. The molecule has 12 heteroatoms. The standard InChI is InChI=1S/C26H18ClN3O8/c1-37-21-9-8-15(27)11-20(21)28-13-14(10-22(28)31)26(34)38-17-5-2-4-16(12-17)29-24(32)18-6-3-7-19(30(35)36)23(18)25(29)33/h2-9,11-12,14H,10,13H2,1H3/t14-/m1/s1. The van der Waals surface area contributed by atoms with Crippen LogP contribution in [0.15, 0.2) is 60.7 Å². The van der Waals surface area contributed by atoms with Gasteiger partial charge in [0.2, 0.25) is 5.91 Å². The van der Waals surface area contributed by atoms with Crippen molar-refractivity contribution in [3.8, 4) is 11.5 Å². The number of anilines is 2. The van der Waals surface area contributed by atoms with Gasteiger partial charge in [-0.05, 0) is 36.4 Å². The highest BCUT2D eigenvalue weighted by Crippen LogP contribution is 2.37. The number of amides is 3. The van der Waals surface area contributed by atoms with Gasteiger partial charge in [0.1, 0.15) is 17.1 Å². The summed E-state index contributed by atoms with van der Waals surface area (Å²) in [7, 11) is 1.46. The van der Waals surface area contributed by atoms with Crippen molar-refractivity contribution < 1.29 is 33.6 Å². The fourth-order valence-electron chi connectivity index (χ4n) is 4.51. The first kappa shape index (κ1) is 24.9. The summed E-state index contributed by atoms with van der Waals surface area (Å²) in [5.74, 6) is -2.92. The molecule has 3 aromatic carbocycles. The van der Waals surface area contributed by atoms with Crippen LogP contribution in [0.2, 0.25) is 5.02 Å². The van der Waals surface area contributed by atoms with Crippen LogP contribution in [0.1, 0.15) is 27.1 Å². The number of fused-ring (bicyclic) bond motifs is 1. The first-order chi connectivity index (χ1) is 18.2. The maximum absolute atomic E-state index is 13.0. The van der Waals surface area contributed by atoms with Crippen molar-refractivity contribution >= 4 is 52.4 Å². The fourth-order valence-corrected chi connectivity index (χ4v) is 4.68. The van der Waals surface area contributed by atoms with Crippen molar-refractivity contribution in [2.45, 2.75) is 6.42 Å². The average molecular weight is 536 g/mol. The van der Waals surface area contributed by atoms with Crippen LogP contribution < -0.4 is 19.3 Å². The van der Waals surface area contributed by atoms with E-state index in [0.717, 1.165) is 11.0 Å². The number of hydrogen-bond donors (Lipinski definition) is 0. The number of benzene rings is 3. The number of esters is 1. The molecule has 1 saturated heterocycles. The highest BCUT2D eigenvalue weighted by Gasteiger charge is 2.42. The number of ether oxygens (including phenoxy) is 2. The number of imide groups is 1. The number of carbonyl (C=O) groups excluding carboxylic acids is 4. The van der Waals surface area contributed by atoms with Crippen LogP contribution in [-0.2, 0) is 9.59 Å². The van der Waals surface area contributed by atoms with Crippen molar-refractivity contribution in [2.75, 3.05) is 23.5 Å². The molecule has 3 aromatic rings. The second kappa shape index (κ2) is 9.60. The third kappa shape index (κ3) is 4.22. The molecule has 1 atom stereocenters. The summed E-state index contributed by atoms with van der Waals surface area (Å²) in [5, 5.41) is 11.8. The molecule has 5 rings (SSSR count). The second-order valence-electron chi connectivity index (χ2n) is 8.54. The monoisotopic (exact) mass is 535 g/mol. The van der Waals surface area contributed by atoms with E-state index in [0.29, 0.717) is 16.5 Å². The maximum atomic E-state index is 13.0. The maximum Gasteiger partial charge on any atom is 0.316 e. The normalized spacial score (nSPS) is 16.6. The molecule has 0 N–H and O–H groups in total. The van der Waals surface area contributed by atoms with E-state index in [1.807, 2.05) is 0 Å². The average Bonchev–Trinajstić information content (AvgIpc) is 3.41. The summed E-state index contributed by atoms with van der Waals surface area (Å²) >= 11 is 6.08.